The van der Waals surface area contributed by atoms with Gasteiger partial charge in [-0.05, 0) is 30.7 Å². The summed E-state index contributed by atoms with van der Waals surface area (Å²) in [6.45, 7) is 4.49. The highest BCUT2D eigenvalue weighted by Gasteiger charge is 2.41. The molecule has 2 aliphatic heterocycles. The van der Waals surface area contributed by atoms with Gasteiger partial charge in [0.15, 0.2) is 0 Å². The Kier molecular flexibility index (Phi) is 9.17. The minimum absolute atomic E-state index is 0.0335. The van der Waals surface area contributed by atoms with Crippen LogP contribution in [0.4, 0.5) is 0 Å². The van der Waals surface area contributed by atoms with Crippen molar-refractivity contribution < 1.29 is 14.3 Å². The first-order valence-corrected chi connectivity index (χ1v) is 13.4. The van der Waals surface area contributed by atoms with Crippen molar-refractivity contribution >= 4 is 11.8 Å². The molecule has 0 bridgehead atoms. The Hall–Kier alpha value is -2.43. The van der Waals surface area contributed by atoms with Gasteiger partial charge < -0.3 is 15.0 Å². The zero-order chi connectivity index (χ0) is 24.5. The molecule has 190 valence electrons. The number of nitrogens with zero attached hydrogens (tertiary/aromatic N) is 3. The Balaban J connectivity index is 1.37. The van der Waals surface area contributed by atoms with E-state index in [1.807, 2.05) is 23.1 Å². The van der Waals surface area contributed by atoms with Gasteiger partial charge in [-0.25, -0.2) is 0 Å². The smallest absolute Gasteiger partial charge is 0.224 e. The van der Waals surface area contributed by atoms with Crippen LogP contribution in [0.15, 0.2) is 30.3 Å². The van der Waals surface area contributed by atoms with Gasteiger partial charge in [-0.3, -0.25) is 14.5 Å². The van der Waals surface area contributed by atoms with E-state index < -0.39 is 5.54 Å². The lowest BCUT2D eigenvalue weighted by Gasteiger charge is -2.32. The number of rotatable bonds is 9. The lowest BCUT2D eigenvalue weighted by atomic mass is 9.81. The fraction of sp³-hybridized carbons (Fsp3) is 0.679. The summed E-state index contributed by atoms with van der Waals surface area (Å²) in [7, 11) is 0. The molecule has 3 fully saturated rings. The summed E-state index contributed by atoms with van der Waals surface area (Å²) in [6.07, 6.45) is 8.44. The maximum atomic E-state index is 13.6. The second-order valence-electron chi connectivity index (χ2n) is 10.6. The predicted molar refractivity (Wildman–Crippen MR) is 134 cm³/mol. The van der Waals surface area contributed by atoms with Gasteiger partial charge in [0.1, 0.15) is 5.54 Å². The van der Waals surface area contributed by atoms with Crippen molar-refractivity contribution in [2.24, 2.45) is 11.8 Å². The zero-order valence-electron chi connectivity index (χ0n) is 20.9. The molecule has 1 saturated carbocycles. The topological polar surface area (TPSA) is 85.7 Å². The number of likely N-dealkylation sites (tertiary alicyclic amines) is 1. The van der Waals surface area contributed by atoms with Gasteiger partial charge in [-0.2, -0.15) is 5.26 Å². The van der Waals surface area contributed by atoms with Crippen LogP contribution in [0.3, 0.4) is 0 Å². The molecule has 2 unspecified atom stereocenters. The van der Waals surface area contributed by atoms with E-state index in [1.165, 1.54) is 24.8 Å². The number of hydrogen-bond donors (Lipinski definition) is 1. The van der Waals surface area contributed by atoms with Gasteiger partial charge in [-0.1, -0.05) is 62.4 Å². The molecule has 35 heavy (non-hydrogen) atoms. The van der Waals surface area contributed by atoms with Crippen molar-refractivity contribution in [1.29, 1.82) is 5.26 Å². The molecule has 7 heteroatoms. The number of carbonyl (C=O) groups excluding carboxylic acids is 2. The summed E-state index contributed by atoms with van der Waals surface area (Å²) in [6, 6.07) is 12.8. The summed E-state index contributed by atoms with van der Waals surface area (Å²) >= 11 is 0. The highest BCUT2D eigenvalue weighted by Crippen LogP contribution is 2.31. The molecule has 0 radical (unpaired) electrons. The van der Waals surface area contributed by atoms with E-state index in [9.17, 15) is 14.9 Å². The Morgan fingerprint density at radius 3 is 2.57 bits per heavy atom. The highest BCUT2D eigenvalue weighted by molar-refractivity contribution is 5.86. The van der Waals surface area contributed by atoms with E-state index in [-0.39, 0.29) is 24.2 Å². The standard InChI is InChI=1S/C28H40N4O3/c29-21-28(12-14-31(22-28)13-11-23-7-3-1-4-8-23)30-27(34)25(19-24-9-5-2-6-10-24)20-26(33)32-15-17-35-18-16-32/h1,3-4,7-8,24-25H,2,5-6,9-20,22H2,(H,30,34). The number of morpholine rings is 1. The lowest BCUT2D eigenvalue weighted by Crippen LogP contribution is -2.52. The van der Waals surface area contributed by atoms with E-state index in [1.54, 1.807) is 0 Å². The molecule has 1 aromatic carbocycles. The van der Waals surface area contributed by atoms with Crippen molar-refractivity contribution in [1.82, 2.24) is 15.1 Å². The van der Waals surface area contributed by atoms with Gasteiger partial charge in [0.2, 0.25) is 11.8 Å². The molecule has 2 saturated heterocycles. The molecule has 0 aromatic heterocycles. The van der Waals surface area contributed by atoms with Gasteiger partial charge in [0, 0.05) is 45.1 Å². The van der Waals surface area contributed by atoms with Crippen molar-refractivity contribution in [2.75, 3.05) is 45.9 Å². The lowest BCUT2D eigenvalue weighted by molar-refractivity contribution is -0.140. The Labute approximate surface area is 209 Å². The number of hydrogen-bond acceptors (Lipinski definition) is 5. The second-order valence-corrected chi connectivity index (χ2v) is 10.6. The van der Waals surface area contributed by atoms with Crippen LogP contribution in [0.25, 0.3) is 0 Å². The van der Waals surface area contributed by atoms with E-state index in [2.05, 4.69) is 28.4 Å². The van der Waals surface area contributed by atoms with Crippen molar-refractivity contribution in [3.8, 4) is 6.07 Å². The third kappa shape index (κ3) is 7.28. The highest BCUT2D eigenvalue weighted by atomic mass is 16.5. The molecule has 1 N–H and O–H groups in total. The number of nitriles is 1. The molecule has 7 nitrogen and oxygen atoms in total. The summed E-state index contributed by atoms with van der Waals surface area (Å²) in [4.78, 5) is 30.7. The predicted octanol–water partition coefficient (Wildman–Crippen LogP) is 3.15. The van der Waals surface area contributed by atoms with Crippen LogP contribution in [0.1, 0.15) is 56.9 Å². The largest absolute Gasteiger partial charge is 0.378 e. The molecular formula is C28H40N4O3. The van der Waals surface area contributed by atoms with Crippen molar-refractivity contribution in [2.45, 2.75) is 63.3 Å². The summed E-state index contributed by atoms with van der Waals surface area (Å²) in [5.41, 5.74) is 0.404. The fourth-order valence-corrected chi connectivity index (χ4v) is 5.83. The first kappa shape index (κ1) is 25.7. The Morgan fingerprint density at radius 2 is 1.86 bits per heavy atom. The number of benzene rings is 1. The molecule has 0 spiro atoms. The second kappa shape index (κ2) is 12.5. The molecule has 3 aliphatic rings. The molecule has 1 aliphatic carbocycles. The minimum Gasteiger partial charge on any atom is -0.378 e. The van der Waals surface area contributed by atoms with E-state index in [0.29, 0.717) is 45.2 Å². The van der Waals surface area contributed by atoms with Crippen LogP contribution in [0.5, 0.6) is 0 Å². The van der Waals surface area contributed by atoms with E-state index >= 15 is 0 Å². The van der Waals surface area contributed by atoms with Crippen LogP contribution < -0.4 is 5.32 Å². The van der Waals surface area contributed by atoms with Crippen LogP contribution in [0, 0.1) is 23.2 Å². The monoisotopic (exact) mass is 480 g/mol. The summed E-state index contributed by atoms with van der Waals surface area (Å²) < 4.78 is 5.38. The number of amides is 2. The van der Waals surface area contributed by atoms with Gasteiger partial charge >= 0.3 is 0 Å². The first-order valence-electron chi connectivity index (χ1n) is 13.4. The quantitative estimate of drug-likeness (QED) is 0.587. The molecule has 4 rings (SSSR count). The molecule has 2 amide bonds. The SMILES string of the molecule is N#CC1(NC(=O)C(CC(=O)N2CCOCC2)CC2CCCCC2)CCN(CCc2ccccc2)C1. The van der Waals surface area contributed by atoms with Crippen molar-refractivity contribution in [3.63, 3.8) is 0 Å². The van der Waals surface area contributed by atoms with Gasteiger partial charge in [-0.15, -0.1) is 0 Å². The Morgan fingerprint density at radius 1 is 1.11 bits per heavy atom. The number of ether oxygens (including phenoxy) is 1. The van der Waals surface area contributed by atoms with Crippen LogP contribution in [-0.2, 0) is 20.7 Å². The fourth-order valence-electron chi connectivity index (χ4n) is 5.83. The maximum Gasteiger partial charge on any atom is 0.224 e. The molecule has 2 heterocycles. The van der Waals surface area contributed by atoms with E-state index in [4.69, 9.17) is 4.74 Å². The number of carbonyl (C=O) groups is 2. The molecule has 2 atom stereocenters. The van der Waals surface area contributed by atoms with Crippen LogP contribution in [0.2, 0.25) is 0 Å². The normalized spacial score (nSPS) is 24.6. The first-order chi connectivity index (χ1) is 17.1. The Bertz CT molecular complexity index is 874. The third-order valence-electron chi connectivity index (χ3n) is 7.98. The van der Waals surface area contributed by atoms with Crippen LogP contribution >= 0.6 is 0 Å². The van der Waals surface area contributed by atoms with E-state index in [0.717, 1.165) is 38.8 Å². The average molecular weight is 481 g/mol. The van der Waals surface area contributed by atoms with Gasteiger partial charge in [0.05, 0.1) is 19.3 Å². The van der Waals surface area contributed by atoms with Crippen molar-refractivity contribution in [3.05, 3.63) is 35.9 Å². The summed E-state index contributed by atoms with van der Waals surface area (Å²) in [5, 5.41) is 13.2. The average Bonchev–Trinajstić information content (AvgIpc) is 3.32. The number of nitrogens with one attached hydrogen (secondary N) is 1. The van der Waals surface area contributed by atoms with Gasteiger partial charge in [0.25, 0.3) is 0 Å². The molecular weight excluding hydrogens is 440 g/mol. The molecule has 1 aromatic rings. The van der Waals surface area contributed by atoms with Crippen LogP contribution in [-0.4, -0.2) is 73.1 Å². The minimum atomic E-state index is -0.874. The summed E-state index contributed by atoms with van der Waals surface area (Å²) in [5.74, 6) is 0.0211. The zero-order valence-corrected chi connectivity index (χ0v) is 20.9. The maximum absolute atomic E-state index is 13.6. The third-order valence-corrected chi connectivity index (χ3v) is 7.98.